The van der Waals surface area contributed by atoms with Crippen LogP contribution in [-0.2, 0) is 10.0 Å². The molecule has 1 atom stereocenters. The number of nitriles is 1. The van der Waals surface area contributed by atoms with Gasteiger partial charge in [0.2, 0.25) is 10.0 Å². The molecule has 0 saturated carbocycles. The van der Waals surface area contributed by atoms with Crippen molar-refractivity contribution in [2.24, 2.45) is 0 Å². The number of rotatable bonds is 6. The molecule has 0 spiro atoms. The molecule has 0 aliphatic rings. The van der Waals surface area contributed by atoms with Gasteiger partial charge in [-0.3, -0.25) is 14.6 Å². The predicted octanol–water partition coefficient (Wildman–Crippen LogP) is 4.25. The Bertz CT molecular complexity index is 1810. The van der Waals surface area contributed by atoms with E-state index in [1.807, 2.05) is 23.8 Å². The summed E-state index contributed by atoms with van der Waals surface area (Å²) in [5, 5.41) is 12.8. The van der Waals surface area contributed by atoms with Crippen LogP contribution in [0.1, 0.15) is 45.7 Å². The molecule has 0 aliphatic heterocycles. The number of fused-ring (bicyclic) bond motifs is 1. The lowest BCUT2D eigenvalue weighted by atomic mass is 9.99. The van der Waals surface area contributed by atoms with Gasteiger partial charge in [-0.15, -0.1) is 0 Å². The van der Waals surface area contributed by atoms with E-state index in [9.17, 15) is 23.3 Å². The fraction of sp³-hybridized carbons (Fsp3) is 0.192. The van der Waals surface area contributed by atoms with Gasteiger partial charge in [-0.05, 0) is 50.6 Å². The summed E-state index contributed by atoms with van der Waals surface area (Å²) in [5.74, 6) is -0.668. The van der Waals surface area contributed by atoms with Crippen molar-refractivity contribution in [1.82, 2.24) is 14.7 Å². The average molecular weight is 552 g/mol. The highest BCUT2D eigenvalue weighted by Gasteiger charge is 2.22. The summed E-state index contributed by atoms with van der Waals surface area (Å²) < 4.78 is 31.4. The molecular formula is C26H22ClN5O5S. The largest absolute Gasteiger partial charge is 0.455 e. The number of carbonyl (C=O) groups excluding carboxylic acids is 1. The summed E-state index contributed by atoms with van der Waals surface area (Å²) in [7, 11) is -3.85. The van der Waals surface area contributed by atoms with Gasteiger partial charge in [0.05, 0.1) is 28.9 Å². The Labute approximate surface area is 223 Å². The van der Waals surface area contributed by atoms with Crippen LogP contribution >= 0.6 is 11.6 Å². The van der Waals surface area contributed by atoms with E-state index in [0.717, 1.165) is 11.8 Å². The van der Waals surface area contributed by atoms with Crippen molar-refractivity contribution in [3.05, 3.63) is 86.0 Å². The molecule has 12 heteroatoms. The Balaban J connectivity index is 1.85. The lowest BCUT2D eigenvalue weighted by molar-refractivity contribution is 0.0977. The number of hydrogen-bond donors (Lipinski definition) is 2. The quantitative estimate of drug-likeness (QED) is 0.334. The van der Waals surface area contributed by atoms with E-state index in [2.05, 4.69) is 15.3 Å². The summed E-state index contributed by atoms with van der Waals surface area (Å²) in [4.78, 5) is 34.1. The van der Waals surface area contributed by atoms with E-state index in [1.165, 1.54) is 24.5 Å². The second kappa shape index (κ2) is 10.2. The van der Waals surface area contributed by atoms with E-state index in [-0.39, 0.29) is 27.7 Å². The van der Waals surface area contributed by atoms with Crippen LogP contribution in [0.4, 0.5) is 5.69 Å². The molecule has 0 bridgehead atoms. The van der Waals surface area contributed by atoms with Crippen LogP contribution in [0.15, 0.2) is 51.9 Å². The minimum Gasteiger partial charge on any atom is -0.455 e. The maximum atomic E-state index is 13.4. The highest BCUT2D eigenvalue weighted by molar-refractivity contribution is 7.89. The Kier molecular flexibility index (Phi) is 7.22. The highest BCUT2D eigenvalue weighted by atomic mass is 35.5. The molecule has 1 amide bonds. The standard InChI is InChI=1S/C26H22ClN5O5S/c1-13-7-18(15(3)30-20-5-6-21(27)31-22(20)26(34)32-38(4,35)36)25-19(8-13)23(33)14(2)24(37-25)17-9-16(10-28)11-29-12-17/h5-9,11-12,15,30H,1-4H3,(H,32,34)/t15-/m1/s1. The zero-order valence-electron chi connectivity index (χ0n) is 20.8. The first-order valence-electron chi connectivity index (χ1n) is 11.3. The van der Waals surface area contributed by atoms with Gasteiger partial charge < -0.3 is 9.73 Å². The van der Waals surface area contributed by atoms with Crippen molar-refractivity contribution in [2.75, 3.05) is 11.6 Å². The van der Waals surface area contributed by atoms with Gasteiger partial charge in [0, 0.05) is 29.1 Å². The molecule has 1 aromatic carbocycles. The summed E-state index contributed by atoms with van der Waals surface area (Å²) in [6.07, 6.45) is 3.78. The number of nitrogens with one attached hydrogen (secondary N) is 2. The van der Waals surface area contributed by atoms with Crippen molar-refractivity contribution >= 4 is 44.2 Å². The summed E-state index contributed by atoms with van der Waals surface area (Å²) in [5.41, 5.74) is 2.66. The molecule has 3 heterocycles. The molecule has 4 aromatic rings. The fourth-order valence-electron chi connectivity index (χ4n) is 4.04. The molecule has 38 heavy (non-hydrogen) atoms. The van der Waals surface area contributed by atoms with Crippen molar-refractivity contribution in [2.45, 2.75) is 26.8 Å². The Morgan fingerprint density at radius 3 is 2.61 bits per heavy atom. The third-order valence-corrected chi connectivity index (χ3v) is 6.48. The predicted molar refractivity (Wildman–Crippen MR) is 143 cm³/mol. The van der Waals surface area contributed by atoms with Gasteiger partial charge in [0.15, 0.2) is 11.1 Å². The first-order valence-corrected chi connectivity index (χ1v) is 13.5. The zero-order chi connectivity index (χ0) is 27.8. The number of amides is 1. The lowest BCUT2D eigenvalue weighted by Gasteiger charge is -2.20. The smallest absolute Gasteiger partial charge is 0.285 e. The van der Waals surface area contributed by atoms with Crippen molar-refractivity contribution < 1.29 is 17.6 Å². The van der Waals surface area contributed by atoms with Crippen molar-refractivity contribution in [1.29, 1.82) is 5.26 Å². The van der Waals surface area contributed by atoms with E-state index >= 15 is 0 Å². The van der Waals surface area contributed by atoms with Gasteiger partial charge in [-0.1, -0.05) is 17.7 Å². The topological polar surface area (TPSA) is 155 Å². The summed E-state index contributed by atoms with van der Waals surface area (Å²) in [6.45, 7) is 5.28. The lowest BCUT2D eigenvalue weighted by Crippen LogP contribution is -2.31. The van der Waals surface area contributed by atoms with Crippen LogP contribution < -0.4 is 15.5 Å². The van der Waals surface area contributed by atoms with Crippen LogP contribution in [0.3, 0.4) is 0 Å². The Morgan fingerprint density at radius 2 is 1.92 bits per heavy atom. The fourth-order valence-corrected chi connectivity index (χ4v) is 4.62. The maximum Gasteiger partial charge on any atom is 0.285 e. The minimum absolute atomic E-state index is 0.00202. The molecule has 2 N–H and O–H groups in total. The monoisotopic (exact) mass is 551 g/mol. The number of benzene rings is 1. The maximum absolute atomic E-state index is 13.4. The highest BCUT2D eigenvalue weighted by Crippen LogP contribution is 2.32. The van der Waals surface area contributed by atoms with Gasteiger partial charge in [0.25, 0.3) is 5.91 Å². The number of anilines is 1. The Morgan fingerprint density at radius 1 is 1.18 bits per heavy atom. The number of aromatic nitrogens is 2. The van der Waals surface area contributed by atoms with Crippen LogP contribution in [0, 0.1) is 25.2 Å². The first-order chi connectivity index (χ1) is 17.9. The van der Waals surface area contributed by atoms with Crippen molar-refractivity contribution in [3.63, 3.8) is 0 Å². The zero-order valence-corrected chi connectivity index (χ0v) is 22.4. The molecule has 0 saturated heterocycles. The molecular weight excluding hydrogens is 530 g/mol. The molecule has 3 aromatic heterocycles. The third kappa shape index (κ3) is 5.51. The second-order valence-corrected chi connectivity index (χ2v) is 10.9. The Hall–Kier alpha value is -4.27. The molecule has 0 aliphatic carbocycles. The summed E-state index contributed by atoms with van der Waals surface area (Å²) >= 11 is 5.97. The van der Waals surface area contributed by atoms with E-state index in [4.69, 9.17) is 16.0 Å². The molecule has 0 unspecified atom stereocenters. The van der Waals surface area contributed by atoms with Crippen LogP contribution in [0.2, 0.25) is 5.15 Å². The van der Waals surface area contributed by atoms with E-state index in [1.54, 1.807) is 26.0 Å². The molecule has 0 fully saturated rings. The third-order valence-electron chi connectivity index (χ3n) is 5.71. The molecule has 10 nitrogen and oxygen atoms in total. The van der Waals surface area contributed by atoms with Crippen LogP contribution in [-0.4, -0.2) is 30.5 Å². The van der Waals surface area contributed by atoms with Gasteiger partial charge >= 0.3 is 0 Å². The number of pyridine rings is 2. The minimum atomic E-state index is -3.85. The van der Waals surface area contributed by atoms with Gasteiger partial charge in [0.1, 0.15) is 22.6 Å². The molecule has 194 valence electrons. The number of sulfonamides is 1. The van der Waals surface area contributed by atoms with E-state index < -0.39 is 22.0 Å². The van der Waals surface area contributed by atoms with Gasteiger partial charge in [-0.2, -0.15) is 5.26 Å². The number of nitrogens with zero attached hydrogens (tertiary/aromatic N) is 3. The summed E-state index contributed by atoms with van der Waals surface area (Å²) in [6, 6.07) is 9.61. The SMILES string of the molecule is Cc1cc([C@@H](C)Nc2ccc(Cl)nc2C(=O)NS(C)(=O)=O)c2oc(-c3cncc(C#N)c3)c(C)c(=O)c2c1. The van der Waals surface area contributed by atoms with Crippen LogP contribution in [0.25, 0.3) is 22.3 Å². The normalized spacial score (nSPS) is 12.1. The average Bonchev–Trinajstić information content (AvgIpc) is 2.86. The van der Waals surface area contributed by atoms with Crippen molar-refractivity contribution in [3.8, 4) is 17.4 Å². The van der Waals surface area contributed by atoms with E-state index in [0.29, 0.717) is 33.2 Å². The number of halogens is 1. The number of hydrogen-bond acceptors (Lipinski definition) is 9. The number of aryl methyl sites for hydroxylation is 1. The number of carbonyl (C=O) groups is 1. The first kappa shape index (κ1) is 26.8. The van der Waals surface area contributed by atoms with Gasteiger partial charge in [-0.25, -0.2) is 18.1 Å². The molecule has 0 radical (unpaired) electrons. The van der Waals surface area contributed by atoms with Crippen LogP contribution in [0.5, 0.6) is 0 Å². The molecule has 4 rings (SSSR count). The second-order valence-electron chi connectivity index (χ2n) is 8.79.